The Morgan fingerprint density at radius 1 is 0.931 bits per heavy atom. The predicted molar refractivity (Wildman–Crippen MR) is 110 cm³/mol. The summed E-state index contributed by atoms with van der Waals surface area (Å²) in [4.78, 5) is 23.7. The van der Waals surface area contributed by atoms with Crippen LogP contribution in [0.25, 0.3) is 0 Å². The van der Waals surface area contributed by atoms with E-state index >= 15 is 0 Å². The first-order chi connectivity index (χ1) is 13.9. The molecule has 0 aliphatic carbocycles. The Hall–Kier alpha value is -3.22. The van der Waals surface area contributed by atoms with Crippen LogP contribution in [0.4, 0.5) is 0 Å². The van der Waals surface area contributed by atoms with E-state index in [1.54, 1.807) is 6.07 Å². The van der Waals surface area contributed by atoms with Crippen molar-refractivity contribution in [3.05, 3.63) is 53.6 Å². The third kappa shape index (κ3) is 7.03. The monoisotopic (exact) mass is 400 g/mol. The minimum absolute atomic E-state index is 0.213. The Labute approximate surface area is 171 Å². The minimum atomic E-state index is -0.501. The lowest BCUT2D eigenvalue weighted by Crippen LogP contribution is -2.45. The molecule has 0 heterocycles. The SMILES string of the molecule is CCC(C)c1ccc(OCC(=O)NNC(=O)COc2ccc(C)cc2OC)cc1. The molecule has 0 bridgehead atoms. The molecule has 0 spiro atoms. The average Bonchev–Trinajstić information content (AvgIpc) is 2.74. The molecule has 1 unspecified atom stereocenters. The Balaban J connectivity index is 1.71. The molecule has 2 rings (SSSR count). The number of hydrazine groups is 1. The van der Waals surface area contributed by atoms with Crippen LogP contribution in [0, 0.1) is 6.92 Å². The summed E-state index contributed by atoms with van der Waals surface area (Å²) in [5.41, 5.74) is 6.81. The molecule has 7 heteroatoms. The van der Waals surface area contributed by atoms with E-state index in [1.165, 1.54) is 12.7 Å². The molecule has 0 saturated carbocycles. The first-order valence-corrected chi connectivity index (χ1v) is 9.50. The molecule has 2 aromatic rings. The Kier molecular flexibility index (Phi) is 8.33. The fourth-order valence-corrected chi connectivity index (χ4v) is 2.53. The maximum atomic E-state index is 11.9. The number of carbonyl (C=O) groups is 2. The second-order valence-electron chi connectivity index (χ2n) is 6.71. The lowest BCUT2D eigenvalue weighted by Gasteiger charge is -2.12. The van der Waals surface area contributed by atoms with Crippen LogP contribution >= 0.6 is 0 Å². The van der Waals surface area contributed by atoms with Gasteiger partial charge in [0, 0.05) is 0 Å². The van der Waals surface area contributed by atoms with Crippen molar-refractivity contribution < 1.29 is 23.8 Å². The fourth-order valence-electron chi connectivity index (χ4n) is 2.53. The summed E-state index contributed by atoms with van der Waals surface area (Å²) in [6.45, 7) is 5.74. The molecule has 2 amide bonds. The van der Waals surface area contributed by atoms with Crippen LogP contribution in [0.2, 0.25) is 0 Å². The summed E-state index contributed by atoms with van der Waals surface area (Å²) in [6, 6.07) is 13.0. The second kappa shape index (κ2) is 10.9. The van der Waals surface area contributed by atoms with E-state index in [0.717, 1.165) is 12.0 Å². The van der Waals surface area contributed by atoms with E-state index in [1.807, 2.05) is 43.3 Å². The summed E-state index contributed by atoms with van der Waals surface area (Å²) in [7, 11) is 1.53. The molecule has 0 aliphatic rings. The molecule has 0 fully saturated rings. The van der Waals surface area contributed by atoms with Crippen molar-refractivity contribution in [2.24, 2.45) is 0 Å². The molecule has 2 aromatic carbocycles. The Morgan fingerprint density at radius 3 is 2.14 bits per heavy atom. The molecule has 1 atom stereocenters. The number of hydrogen-bond donors (Lipinski definition) is 2. The zero-order chi connectivity index (χ0) is 21.2. The first kappa shape index (κ1) is 22.1. The van der Waals surface area contributed by atoms with Crippen molar-refractivity contribution in [3.63, 3.8) is 0 Å². The van der Waals surface area contributed by atoms with E-state index in [2.05, 4.69) is 24.7 Å². The van der Waals surface area contributed by atoms with E-state index in [-0.39, 0.29) is 13.2 Å². The van der Waals surface area contributed by atoms with Crippen LogP contribution in [0.3, 0.4) is 0 Å². The number of methoxy groups -OCH3 is 1. The quantitative estimate of drug-likeness (QED) is 0.632. The molecule has 156 valence electrons. The van der Waals surface area contributed by atoms with Gasteiger partial charge in [0.15, 0.2) is 24.7 Å². The standard InChI is InChI=1S/C22H28N2O5/c1-5-16(3)17-7-9-18(10-8-17)28-13-21(25)23-24-22(26)14-29-19-11-6-15(2)12-20(19)27-4/h6-12,16H,5,13-14H2,1-4H3,(H,23,25)(H,24,26). The highest BCUT2D eigenvalue weighted by Crippen LogP contribution is 2.27. The van der Waals surface area contributed by atoms with Gasteiger partial charge in [-0.2, -0.15) is 0 Å². The van der Waals surface area contributed by atoms with Gasteiger partial charge in [0.2, 0.25) is 0 Å². The lowest BCUT2D eigenvalue weighted by atomic mass is 9.99. The topological polar surface area (TPSA) is 85.9 Å². The van der Waals surface area contributed by atoms with E-state index in [0.29, 0.717) is 23.2 Å². The number of aryl methyl sites for hydroxylation is 1. The van der Waals surface area contributed by atoms with Crippen molar-refractivity contribution in [3.8, 4) is 17.2 Å². The number of nitrogens with one attached hydrogen (secondary N) is 2. The Morgan fingerprint density at radius 2 is 1.55 bits per heavy atom. The van der Waals surface area contributed by atoms with E-state index < -0.39 is 11.8 Å². The predicted octanol–water partition coefficient (Wildman–Crippen LogP) is 3.12. The van der Waals surface area contributed by atoms with Gasteiger partial charge >= 0.3 is 0 Å². The van der Waals surface area contributed by atoms with Gasteiger partial charge in [0.25, 0.3) is 11.8 Å². The van der Waals surface area contributed by atoms with Gasteiger partial charge < -0.3 is 14.2 Å². The molecule has 0 aromatic heterocycles. The molecular weight excluding hydrogens is 372 g/mol. The van der Waals surface area contributed by atoms with Gasteiger partial charge in [-0.25, -0.2) is 0 Å². The highest BCUT2D eigenvalue weighted by Gasteiger charge is 2.10. The van der Waals surface area contributed by atoms with Gasteiger partial charge in [-0.1, -0.05) is 32.0 Å². The molecule has 0 aliphatic heterocycles. The van der Waals surface area contributed by atoms with Crippen LogP contribution < -0.4 is 25.1 Å². The molecule has 29 heavy (non-hydrogen) atoms. The number of benzene rings is 2. The lowest BCUT2D eigenvalue weighted by molar-refractivity contribution is -0.131. The van der Waals surface area contributed by atoms with Crippen molar-refractivity contribution in [2.45, 2.75) is 33.1 Å². The number of hydrogen-bond acceptors (Lipinski definition) is 5. The van der Waals surface area contributed by atoms with Crippen molar-refractivity contribution in [2.75, 3.05) is 20.3 Å². The zero-order valence-corrected chi connectivity index (χ0v) is 17.3. The smallest absolute Gasteiger partial charge is 0.276 e. The summed E-state index contributed by atoms with van der Waals surface area (Å²) in [5.74, 6) is 1.08. The van der Waals surface area contributed by atoms with Crippen molar-refractivity contribution in [1.29, 1.82) is 0 Å². The summed E-state index contributed by atoms with van der Waals surface area (Å²) >= 11 is 0. The minimum Gasteiger partial charge on any atom is -0.493 e. The maximum absolute atomic E-state index is 11.9. The van der Waals surface area contributed by atoms with Crippen LogP contribution in [0.5, 0.6) is 17.2 Å². The van der Waals surface area contributed by atoms with Crippen LogP contribution in [-0.4, -0.2) is 32.1 Å². The maximum Gasteiger partial charge on any atom is 0.276 e. The van der Waals surface area contributed by atoms with Crippen molar-refractivity contribution in [1.82, 2.24) is 10.9 Å². The van der Waals surface area contributed by atoms with Gasteiger partial charge in [-0.15, -0.1) is 0 Å². The highest BCUT2D eigenvalue weighted by molar-refractivity contribution is 5.83. The number of amides is 2. The van der Waals surface area contributed by atoms with Crippen molar-refractivity contribution >= 4 is 11.8 Å². The molecule has 0 saturated heterocycles. The molecule has 0 radical (unpaired) electrons. The summed E-state index contributed by atoms with van der Waals surface area (Å²) in [6.07, 6.45) is 1.06. The van der Waals surface area contributed by atoms with Crippen LogP contribution in [0.1, 0.15) is 37.3 Å². The van der Waals surface area contributed by atoms with Gasteiger partial charge in [-0.3, -0.25) is 20.4 Å². The average molecular weight is 400 g/mol. The third-order valence-corrected chi connectivity index (χ3v) is 4.45. The molecule has 7 nitrogen and oxygen atoms in total. The normalized spacial score (nSPS) is 11.3. The third-order valence-electron chi connectivity index (χ3n) is 4.45. The number of ether oxygens (including phenoxy) is 3. The Bertz CT molecular complexity index is 820. The second-order valence-corrected chi connectivity index (χ2v) is 6.71. The van der Waals surface area contributed by atoms with E-state index in [4.69, 9.17) is 14.2 Å². The zero-order valence-electron chi connectivity index (χ0n) is 17.3. The highest BCUT2D eigenvalue weighted by atomic mass is 16.5. The van der Waals surface area contributed by atoms with Crippen LogP contribution in [0.15, 0.2) is 42.5 Å². The van der Waals surface area contributed by atoms with Gasteiger partial charge in [0.05, 0.1) is 7.11 Å². The fraction of sp³-hybridized carbons (Fsp3) is 0.364. The summed E-state index contributed by atoms with van der Waals surface area (Å²) < 4.78 is 16.1. The van der Waals surface area contributed by atoms with Crippen LogP contribution in [-0.2, 0) is 9.59 Å². The first-order valence-electron chi connectivity index (χ1n) is 9.50. The van der Waals surface area contributed by atoms with Gasteiger partial charge in [-0.05, 0) is 54.7 Å². The van der Waals surface area contributed by atoms with Gasteiger partial charge in [0.1, 0.15) is 5.75 Å². The molecular formula is C22H28N2O5. The summed E-state index contributed by atoms with van der Waals surface area (Å²) in [5, 5.41) is 0. The van der Waals surface area contributed by atoms with E-state index in [9.17, 15) is 9.59 Å². The molecule has 2 N–H and O–H groups in total. The largest absolute Gasteiger partial charge is 0.493 e. The number of carbonyl (C=O) groups excluding carboxylic acids is 2. The number of rotatable bonds is 9.